The van der Waals surface area contributed by atoms with Crippen LogP contribution in [0.5, 0.6) is 0 Å². The highest BCUT2D eigenvalue weighted by Gasteiger charge is 2.06. The Bertz CT molecular complexity index is 520. The maximum absolute atomic E-state index is 6.17. The minimum absolute atomic E-state index is 0.772. The number of aryl methyl sites for hydroxylation is 1. The highest BCUT2D eigenvalue weighted by Crippen LogP contribution is 2.23. The highest BCUT2D eigenvalue weighted by molar-refractivity contribution is 9.08. The predicted molar refractivity (Wildman–Crippen MR) is 70.7 cm³/mol. The Morgan fingerprint density at radius 1 is 1.38 bits per heavy atom. The molecule has 0 spiro atoms. The van der Waals surface area contributed by atoms with Gasteiger partial charge in [0.15, 0.2) is 0 Å². The molecular weight excluding hydrogens is 288 g/mol. The van der Waals surface area contributed by atoms with Crippen molar-refractivity contribution in [3.63, 3.8) is 0 Å². The molecule has 1 aromatic heterocycles. The lowest BCUT2D eigenvalue weighted by Crippen LogP contribution is -1.96. The summed E-state index contributed by atoms with van der Waals surface area (Å²) in [5.74, 6) is 0. The molecule has 1 heterocycles. The van der Waals surface area contributed by atoms with E-state index in [1.165, 1.54) is 0 Å². The first kappa shape index (κ1) is 11.7. The van der Waals surface area contributed by atoms with Crippen molar-refractivity contribution in [1.82, 2.24) is 9.55 Å². The number of halogens is 2. The average molecular weight is 300 g/mol. The lowest BCUT2D eigenvalue weighted by molar-refractivity contribution is 0.999. The molecule has 0 saturated carbocycles. The molecule has 0 amide bonds. The molecular formula is C12H12BrClN2. The second-order valence-corrected chi connectivity index (χ2v) is 4.66. The summed E-state index contributed by atoms with van der Waals surface area (Å²) in [6, 6.07) is 6.05. The van der Waals surface area contributed by atoms with E-state index in [2.05, 4.69) is 33.9 Å². The molecule has 16 heavy (non-hydrogen) atoms. The first-order valence-electron chi connectivity index (χ1n) is 4.99. The summed E-state index contributed by atoms with van der Waals surface area (Å²) in [6.07, 6.45) is 1.82. The van der Waals surface area contributed by atoms with Gasteiger partial charge in [-0.1, -0.05) is 33.6 Å². The molecule has 0 aliphatic rings. The molecule has 1 aromatic carbocycles. The van der Waals surface area contributed by atoms with Crippen LogP contribution in [0.25, 0.3) is 5.69 Å². The van der Waals surface area contributed by atoms with Crippen LogP contribution in [0, 0.1) is 13.8 Å². The number of rotatable bonds is 2. The number of nitrogens with zero attached hydrogens (tertiary/aromatic N) is 2. The van der Waals surface area contributed by atoms with Gasteiger partial charge in [-0.05, 0) is 31.5 Å². The summed E-state index contributed by atoms with van der Waals surface area (Å²) >= 11 is 9.58. The maximum Gasteiger partial charge on any atom is 0.0997 e. The number of hydrogen-bond acceptors (Lipinski definition) is 1. The molecule has 2 aromatic rings. The molecule has 2 nitrogen and oxygen atoms in total. The Kier molecular flexibility index (Phi) is 3.36. The Labute approximate surface area is 108 Å². The quantitative estimate of drug-likeness (QED) is 0.765. The Morgan fingerprint density at radius 2 is 2.12 bits per heavy atom. The fourth-order valence-electron chi connectivity index (χ4n) is 1.55. The Hall–Kier alpha value is -0.800. The van der Waals surface area contributed by atoms with Crippen LogP contribution in [-0.2, 0) is 5.33 Å². The van der Waals surface area contributed by atoms with Crippen molar-refractivity contribution in [2.24, 2.45) is 0 Å². The van der Waals surface area contributed by atoms with Gasteiger partial charge in [0.25, 0.3) is 0 Å². The second kappa shape index (κ2) is 4.60. The number of aromatic nitrogens is 2. The fraction of sp³-hybridized carbons (Fsp3) is 0.250. The molecule has 0 N–H and O–H groups in total. The average Bonchev–Trinajstić information content (AvgIpc) is 2.60. The van der Waals surface area contributed by atoms with E-state index in [-0.39, 0.29) is 0 Å². The molecule has 4 heteroatoms. The van der Waals surface area contributed by atoms with E-state index < -0.39 is 0 Å². The zero-order valence-corrected chi connectivity index (χ0v) is 11.5. The SMILES string of the molecule is Cc1ncn(-c2ccc(CBr)c(Cl)c2)c1C. The number of benzene rings is 1. The number of imidazole rings is 1. The van der Waals surface area contributed by atoms with E-state index in [1.807, 2.05) is 30.0 Å². The molecule has 0 atom stereocenters. The topological polar surface area (TPSA) is 17.8 Å². The van der Waals surface area contributed by atoms with E-state index in [0.29, 0.717) is 0 Å². The van der Waals surface area contributed by atoms with Gasteiger partial charge in [0.2, 0.25) is 0 Å². The van der Waals surface area contributed by atoms with Crippen molar-refractivity contribution >= 4 is 27.5 Å². The third-order valence-electron chi connectivity index (χ3n) is 2.71. The van der Waals surface area contributed by atoms with E-state index >= 15 is 0 Å². The van der Waals surface area contributed by atoms with Crippen LogP contribution in [0.4, 0.5) is 0 Å². The second-order valence-electron chi connectivity index (χ2n) is 3.69. The molecule has 2 rings (SSSR count). The number of hydrogen-bond donors (Lipinski definition) is 0. The summed E-state index contributed by atoms with van der Waals surface area (Å²) in [5.41, 5.74) is 4.33. The summed E-state index contributed by atoms with van der Waals surface area (Å²) in [4.78, 5) is 4.28. The largest absolute Gasteiger partial charge is 0.303 e. The van der Waals surface area contributed by atoms with Gasteiger partial charge in [-0.15, -0.1) is 0 Å². The maximum atomic E-state index is 6.17. The predicted octanol–water partition coefficient (Wildman–Crippen LogP) is 4.04. The third kappa shape index (κ3) is 2.02. The highest BCUT2D eigenvalue weighted by atomic mass is 79.9. The molecule has 0 radical (unpaired) electrons. The Morgan fingerprint density at radius 3 is 2.62 bits per heavy atom. The normalized spacial score (nSPS) is 10.8. The summed E-state index contributed by atoms with van der Waals surface area (Å²) in [6.45, 7) is 4.05. The van der Waals surface area contributed by atoms with Crippen LogP contribution < -0.4 is 0 Å². The molecule has 84 valence electrons. The molecule has 0 aliphatic carbocycles. The summed E-state index contributed by atoms with van der Waals surface area (Å²) in [5, 5.41) is 1.55. The Balaban J connectivity index is 2.49. The van der Waals surface area contributed by atoms with Crippen LogP contribution >= 0.6 is 27.5 Å². The smallest absolute Gasteiger partial charge is 0.0997 e. The zero-order valence-electron chi connectivity index (χ0n) is 9.17. The van der Waals surface area contributed by atoms with Gasteiger partial charge in [-0.2, -0.15) is 0 Å². The standard InChI is InChI=1S/C12H12BrClN2/c1-8-9(2)16(7-15-8)11-4-3-10(6-13)12(14)5-11/h3-5,7H,6H2,1-2H3. The molecule has 0 aliphatic heterocycles. The van der Waals surface area contributed by atoms with Gasteiger partial charge in [0.1, 0.15) is 0 Å². The van der Waals surface area contributed by atoms with E-state index in [4.69, 9.17) is 11.6 Å². The lowest BCUT2D eigenvalue weighted by Gasteiger charge is -2.08. The summed E-state index contributed by atoms with van der Waals surface area (Å²) < 4.78 is 2.04. The first-order chi connectivity index (χ1) is 7.63. The van der Waals surface area contributed by atoms with Crippen molar-refractivity contribution in [1.29, 1.82) is 0 Å². The van der Waals surface area contributed by atoms with Crippen LogP contribution in [0.1, 0.15) is 17.0 Å². The van der Waals surface area contributed by atoms with Gasteiger partial charge < -0.3 is 4.57 Å². The van der Waals surface area contributed by atoms with Crippen LogP contribution in [-0.4, -0.2) is 9.55 Å². The van der Waals surface area contributed by atoms with Crippen molar-refractivity contribution in [2.45, 2.75) is 19.2 Å². The van der Waals surface area contributed by atoms with E-state index in [0.717, 1.165) is 33.0 Å². The fourth-order valence-corrected chi connectivity index (χ4v) is 2.45. The van der Waals surface area contributed by atoms with Crippen molar-refractivity contribution in [3.8, 4) is 5.69 Å². The zero-order chi connectivity index (χ0) is 11.7. The van der Waals surface area contributed by atoms with E-state index in [9.17, 15) is 0 Å². The molecule has 0 saturated heterocycles. The van der Waals surface area contributed by atoms with Crippen molar-refractivity contribution < 1.29 is 0 Å². The summed E-state index contributed by atoms with van der Waals surface area (Å²) in [7, 11) is 0. The monoisotopic (exact) mass is 298 g/mol. The molecule has 0 unspecified atom stereocenters. The van der Waals surface area contributed by atoms with Crippen molar-refractivity contribution in [3.05, 3.63) is 46.5 Å². The van der Waals surface area contributed by atoms with Gasteiger partial charge in [0.05, 0.1) is 12.0 Å². The van der Waals surface area contributed by atoms with E-state index in [1.54, 1.807) is 0 Å². The first-order valence-corrected chi connectivity index (χ1v) is 6.48. The van der Waals surface area contributed by atoms with Crippen LogP contribution in [0.2, 0.25) is 5.02 Å². The van der Waals surface area contributed by atoms with Gasteiger partial charge >= 0.3 is 0 Å². The number of alkyl halides is 1. The van der Waals surface area contributed by atoms with Crippen LogP contribution in [0.3, 0.4) is 0 Å². The van der Waals surface area contributed by atoms with Gasteiger partial charge in [-0.25, -0.2) is 4.98 Å². The van der Waals surface area contributed by atoms with Gasteiger partial charge in [0, 0.05) is 21.7 Å². The van der Waals surface area contributed by atoms with Crippen molar-refractivity contribution in [2.75, 3.05) is 0 Å². The third-order valence-corrected chi connectivity index (χ3v) is 3.67. The van der Waals surface area contributed by atoms with Gasteiger partial charge in [-0.3, -0.25) is 0 Å². The minimum Gasteiger partial charge on any atom is -0.303 e. The van der Waals surface area contributed by atoms with Crippen LogP contribution in [0.15, 0.2) is 24.5 Å². The molecule has 0 fully saturated rings. The lowest BCUT2D eigenvalue weighted by atomic mass is 10.2. The minimum atomic E-state index is 0.772. The molecule has 0 bridgehead atoms.